The van der Waals surface area contributed by atoms with E-state index in [2.05, 4.69) is 36.2 Å². The summed E-state index contributed by atoms with van der Waals surface area (Å²) in [6, 6.07) is 22.1. The van der Waals surface area contributed by atoms with Crippen LogP contribution in [0.3, 0.4) is 0 Å². The SMILES string of the molecule is C[C@H]1c2ccc(NC(=O)CCCCCCCP(C)(Cl)(c3ccccc3)c3ccccc3)c(O)c2C(O)=C2C(=O)[C@]3(O)C(O)=C(C(N)=O)C(=O)[C@@H](N(C)C)[C@@H]3[C@@H](O)[C@@H]21. The third kappa shape index (κ3) is 6.95. The minimum absolute atomic E-state index is 0.0233. The quantitative estimate of drug-likeness (QED) is 0.0544. The first-order valence-corrected chi connectivity index (χ1v) is 23.0. The summed E-state index contributed by atoms with van der Waals surface area (Å²) in [5.74, 6) is -13.1. The number of carbonyl (C=O) groups excluding carboxylic acids is 4. The van der Waals surface area contributed by atoms with Gasteiger partial charge in [-0.15, -0.1) is 0 Å². The third-order valence-corrected chi connectivity index (χ3v) is 18.7. The Morgan fingerprint density at radius 1 is 0.895 bits per heavy atom. The van der Waals surface area contributed by atoms with Crippen molar-refractivity contribution in [2.75, 3.05) is 32.2 Å². The monoisotopic (exact) mass is 819 g/mol. The van der Waals surface area contributed by atoms with Crippen LogP contribution in [0.1, 0.15) is 62.5 Å². The van der Waals surface area contributed by atoms with Crippen molar-refractivity contribution >= 4 is 62.6 Å². The second kappa shape index (κ2) is 15.6. The van der Waals surface area contributed by atoms with Crippen molar-refractivity contribution < 1.29 is 44.7 Å². The Morgan fingerprint density at radius 2 is 1.46 bits per heavy atom. The molecule has 1 saturated carbocycles. The Kier molecular flexibility index (Phi) is 11.5. The Labute approximate surface area is 336 Å². The molecule has 0 saturated heterocycles. The van der Waals surface area contributed by atoms with Crippen LogP contribution in [-0.4, -0.2) is 98.5 Å². The number of unbranched alkanes of at least 4 members (excludes halogenated alkanes) is 4. The van der Waals surface area contributed by atoms with Crippen molar-refractivity contribution in [3.63, 3.8) is 0 Å². The van der Waals surface area contributed by atoms with Gasteiger partial charge in [0.25, 0.3) is 5.91 Å². The minimum Gasteiger partial charge on any atom is -0.508 e. The zero-order valence-corrected chi connectivity index (χ0v) is 34.1. The number of hydrogen-bond acceptors (Lipinski definition) is 10. The van der Waals surface area contributed by atoms with Gasteiger partial charge in [0.05, 0.1) is 18.1 Å². The topological polar surface area (TPSA) is 211 Å². The van der Waals surface area contributed by atoms with Gasteiger partial charge in [-0.05, 0) is 25.6 Å². The standard InChI is InChI=1S/C43H51ClN3O9P/c1-24-27-21-22-28(46-29(48)20-14-6-5-7-15-23-57(4,44,25-16-10-8-11-17-25)26-18-12-9-13-19-26)36(49)31(27)37(50)32-30(24)38(51)34-35(47(2)3)39(52)33(42(45)55)41(54)43(34,56)40(32)53/h8-13,16-19,21-22,24,30,34-35,38,49-51,54,56H,5-7,14-15,20,23H2,1-4H3,(H2,45,55)(H,46,48)/t24-,30+,34+,35-,38-,43-/m0/s1. The van der Waals surface area contributed by atoms with Crippen LogP contribution in [-0.2, 0) is 19.2 Å². The molecule has 6 rings (SSSR count). The van der Waals surface area contributed by atoms with Gasteiger partial charge in [0, 0.05) is 11.5 Å². The summed E-state index contributed by atoms with van der Waals surface area (Å²) in [6.45, 7) is 3.85. The van der Waals surface area contributed by atoms with Gasteiger partial charge in [-0.25, -0.2) is 0 Å². The number of carbonyl (C=O) groups is 4. The zero-order chi connectivity index (χ0) is 41.6. The Balaban J connectivity index is 1.14. The third-order valence-electron chi connectivity index (χ3n) is 12.3. The molecule has 304 valence electrons. The van der Waals surface area contributed by atoms with Gasteiger partial charge in [0.15, 0.2) is 11.4 Å². The fourth-order valence-electron chi connectivity index (χ4n) is 9.27. The molecule has 0 spiro atoms. The number of benzene rings is 3. The molecule has 1 fully saturated rings. The van der Waals surface area contributed by atoms with Crippen LogP contribution in [0.15, 0.2) is 89.7 Å². The van der Waals surface area contributed by atoms with E-state index in [1.807, 2.05) is 36.4 Å². The number of nitrogens with one attached hydrogen (secondary N) is 1. The Bertz CT molecular complexity index is 2130. The first kappa shape index (κ1) is 42.0. The minimum atomic E-state index is -3.01. The van der Waals surface area contributed by atoms with Crippen LogP contribution in [0.4, 0.5) is 5.69 Å². The van der Waals surface area contributed by atoms with E-state index >= 15 is 0 Å². The molecular weight excluding hydrogens is 769 g/mol. The number of nitrogens with two attached hydrogens (primary N) is 1. The second-order valence-corrected chi connectivity index (χ2v) is 23.6. The first-order valence-electron chi connectivity index (χ1n) is 19.2. The van der Waals surface area contributed by atoms with Crippen molar-refractivity contribution in [3.8, 4) is 5.75 Å². The normalized spacial score (nSPS) is 25.3. The number of halogens is 1. The number of rotatable bonds is 13. The van der Waals surface area contributed by atoms with E-state index < -0.39 is 87.3 Å². The average Bonchev–Trinajstić information content (AvgIpc) is 3.17. The molecule has 0 bridgehead atoms. The van der Waals surface area contributed by atoms with Crippen molar-refractivity contribution in [2.24, 2.45) is 17.6 Å². The zero-order valence-electron chi connectivity index (χ0n) is 32.5. The number of amides is 2. The molecule has 12 nitrogen and oxygen atoms in total. The van der Waals surface area contributed by atoms with Gasteiger partial charge >= 0.3 is 190 Å². The predicted molar refractivity (Wildman–Crippen MR) is 222 cm³/mol. The number of phenols is 1. The molecular formula is C43H51ClN3O9P. The van der Waals surface area contributed by atoms with E-state index in [0.29, 0.717) is 12.0 Å². The second-order valence-electron chi connectivity index (χ2n) is 16.1. The number of aromatic hydroxyl groups is 1. The maximum absolute atomic E-state index is 14.3. The number of anilines is 1. The summed E-state index contributed by atoms with van der Waals surface area (Å²) in [5.41, 5.74) is 1.02. The number of Topliss-reactive ketones (excluding diaryl/α,β-unsaturated/α-hetero) is 2. The number of nitrogens with zero attached hydrogens (tertiary/aromatic N) is 1. The van der Waals surface area contributed by atoms with Crippen molar-refractivity contribution in [1.29, 1.82) is 0 Å². The maximum atomic E-state index is 14.3. The molecule has 3 aromatic carbocycles. The number of aliphatic hydroxyl groups is 4. The smallest absolute Gasteiger partial charge is 0.508 e. The van der Waals surface area contributed by atoms with Gasteiger partial charge in [0.2, 0.25) is 5.78 Å². The van der Waals surface area contributed by atoms with E-state index in [4.69, 9.17) is 17.0 Å². The fourth-order valence-corrected chi connectivity index (χ4v) is 14.0. The van der Waals surface area contributed by atoms with Crippen molar-refractivity contribution in [2.45, 2.75) is 69.1 Å². The van der Waals surface area contributed by atoms with Crippen LogP contribution in [0.2, 0.25) is 0 Å². The molecule has 6 atom stereocenters. The van der Waals surface area contributed by atoms with Gasteiger partial charge in [-0.2, -0.15) is 0 Å². The number of hydrogen-bond donors (Lipinski definition) is 7. The van der Waals surface area contributed by atoms with E-state index in [9.17, 15) is 44.7 Å². The van der Waals surface area contributed by atoms with Crippen LogP contribution < -0.4 is 21.7 Å². The van der Waals surface area contributed by atoms with E-state index in [1.54, 1.807) is 13.0 Å². The van der Waals surface area contributed by atoms with Gasteiger partial charge in [0.1, 0.15) is 17.1 Å². The number of aliphatic hydroxyl groups excluding tert-OH is 3. The van der Waals surface area contributed by atoms with Gasteiger partial charge in [-0.3, -0.25) is 19.3 Å². The Morgan fingerprint density at radius 3 is 2.02 bits per heavy atom. The molecule has 0 heterocycles. The molecule has 0 radical (unpaired) electrons. The van der Waals surface area contributed by atoms with Gasteiger partial charge in [-0.1, -0.05) is 6.92 Å². The number of ketones is 2. The van der Waals surface area contributed by atoms with E-state index in [1.165, 1.54) is 25.1 Å². The summed E-state index contributed by atoms with van der Waals surface area (Å²) < 4.78 is 0. The molecule has 2 amide bonds. The summed E-state index contributed by atoms with van der Waals surface area (Å²) >= 11 is 7.66. The molecule has 0 unspecified atom stereocenters. The summed E-state index contributed by atoms with van der Waals surface area (Å²) in [6.07, 6.45) is 3.44. The number of primary amides is 1. The van der Waals surface area contributed by atoms with Gasteiger partial charge < -0.3 is 26.2 Å². The van der Waals surface area contributed by atoms with Crippen LogP contribution in [0.5, 0.6) is 5.75 Å². The number of fused-ring (bicyclic) bond motifs is 3. The molecule has 3 aliphatic rings. The fraction of sp³-hybridized carbons (Fsp3) is 0.395. The summed E-state index contributed by atoms with van der Waals surface area (Å²) in [7, 11) is 2.90. The van der Waals surface area contributed by atoms with Crippen LogP contribution >= 0.6 is 17.2 Å². The van der Waals surface area contributed by atoms with Crippen LogP contribution in [0.25, 0.3) is 5.76 Å². The molecule has 3 aromatic rings. The van der Waals surface area contributed by atoms with Crippen LogP contribution in [0, 0.1) is 11.8 Å². The number of phenolic OH excluding ortho intramolecular Hbond substituents is 1. The summed E-state index contributed by atoms with van der Waals surface area (Å²) in [4.78, 5) is 54.3. The predicted octanol–water partition coefficient (Wildman–Crippen LogP) is 4.76. The average molecular weight is 820 g/mol. The molecule has 14 heteroatoms. The van der Waals surface area contributed by atoms with E-state index in [0.717, 1.165) is 42.5 Å². The molecule has 8 N–H and O–H groups in total. The first-order chi connectivity index (χ1) is 26.9. The Hall–Kier alpha value is -4.58. The van der Waals surface area contributed by atoms with Crippen molar-refractivity contribution in [3.05, 3.63) is 101 Å². The molecule has 57 heavy (non-hydrogen) atoms. The molecule has 3 aliphatic carbocycles. The molecule has 0 aromatic heterocycles. The summed E-state index contributed by atoms with van der Waals surface area (Å²) in [5, 5.41) is 62.9. The van der Waals surface area contributed by atoms with Crippen molar-refractivity contribution in [1.82, 2.24) is 4.90 Å². The molecule has 0 aliphatic heterocycles. The van der Waals surface area contributed by atoms with E-state index in [-0.39, 0.29) is 23.6 Å². The number of likely N-dealkylation sites (N-methyl/N-ethyl adjacent to an activating group) is 1.